The predicted octanol–water partition coefficient (Wildman–Crippen LogP) is 4.36. The molecule has 2 rings (SSSR count). The second-order valence-electron chi connectivity index (χ2n) is 8.32. The van der Waals surface area contributed by atoms with Gasteiger partial charge in [-0.15, -0.1) is 0 Å². The lowest BCUT2D eigenvalue weighted by atomic mass is 10.1. The monoisotopic (exact) mass is 525 g/mol. The van der Waals surface area contributed by atoms with Gasteiger partial charge in [0.25, 0.3) is 0 Å². The Morgan fingerprint density at radius 3 is 2.37 bits per heavy atom. The van der Waals surface area contributed by atoms with Crippen molar-refractivity contribution < 1.29 is 22.4 Å². The van der Waals surface area contributed by atoms with E-state index in [4.69, 9.17) is 11.6 Å². The number of nitrogens with zero attached hydrogens (tertiary/aromatic N) is 2. The highest BCUT2D eigenvalue weighted by Gasteiger charge is 2.27. The van der Waals surface area contributed by atoms with Gasteiger partial charge in [0.2, 0.25) is 21.8 Å². The molecule has 2 amide bonds. The number of hydrogen-bond donors (Lipinski definition) is 1. The molecule has 0 heterocycles. The van der Waals surface area contributed by atoms with Gasteiger partial charge in [-0.05, 0) is 43.5 Å². The number of nitrogens with one attached hydrogen (secondary N) is 1. The Balaban J connectivity index is 2.16. The van der Waals surface area contributed by atoms with Crippen molar-refractivity contribution in [1.29, 1.82) is 0 Å². The molecule has 1 atom stereocenters. The maximum atomic E-state index is 14.2. The zero-order chi connectivity index (χ0) is 26.0. The van der Waals surface area contributed by atoms with Gasteiger partial charge < -0.3 is 10.2 Å². The molecule has 0 aliphatic carbocycles. The van der Waals surface area contributed by atoms with E-state index in [0.29, 0.717) is 17.1 Å². The summed E-state index contributed by atoms with van der Waals surface area (Å²) in [6.07, 6.45) is 2.86. The first-order chi connectivity index (χ1) is 16.6. The average Bonchev–Trinajstić information content (AvgIpc) is 2.80. The van der Waals surface area contributed by atoms with Crippen molar-refractivity contribution in [2.45, 2.75) is 52.1 Å². The number of rotatable bonds is 13. The molecule has 0 saturated heterocycles. The van der Waals surface area contributed by atoms with Gasteiger partial charge in [0.05, 0.1) is 11.9 Å². The lowest BCUT2D eigenvalue weighted by Crippen LogP contribution is -2.48. The van der Waals surface area contributed by atoms with Crippen molar-refractivity contribution in [3.05, 3.63) is 64.9 Å². The summed E-state index contributed by atoms with van der Waals surface area (Å²) in [5.41, 5.74) is 0.624. The Hall–Kier alpha value is -2.65. The van der Waals surface area contributed by atoms with E-state index >= 15 is 0 Å². The van der Waals surface area contributed by atoms with Crippen LogP contribution in [-0.4, -0.2) is 50.5 Å². The molecule has 10 heteroatoms. The minimum Gasteiger partial charge on any atom is -0.354 e. The quantitative estimate of drug-likeness (QED) is 0.394. The maximum Gasteiger partial charge on any atom is 0.242 e. The fourth-order valence-electron chi connectivity index (χ4n) is 3.57. The minimum absolute atomic E-state index is 0.0303. The summed E-state index contributed by atoms with van der Waals surface area (Å²) in [6.45, 7) is 4.23. The molecule has 0 aliphatic heterocycles. The highest BCUT2D eigenvalue weighted by Crippen LogP contribution is 2.23. The molecule has 1 N–H and O–H groups in total. The van der Waals surface area contributed by atoms with Crippen LogP contribution >= 0.6 is 11.6 Å². The molecule has 7 nitrogen and oxygen atoms in total. The first kappa shape index (κ1) is 28.6. The summed E-state index contributed by atoms with van der Waals surface area (Å²) in [5, 5.41) is 3.32. The van der Waals surface area contributed by atoms with Crippen LogP contribution in [0.1, 0.15) is 45.1 Å². The topological polar surface area (TPSA) is 86.8 Å². The van der Waals surface area contributed by atoms with Crippen LogP contribution in [0.4, 0.5) is 10.1 Å². The number of halogens is 2. The number of benzene rings is 2. The molecule has 0 spiro atoms. The van der Waals surface area contributed by atoms with Gasteiger partial charge in [-0.3, -0.25) is 13.9 Å². The summed E-state index contributed by atoms with van der Waals surface area (Å²) in [6, 6.07) is 11.9. The lowest BCUT2D eigenvalue weighted by molar-refractivity contribution is -0.140. The Kier molecular flexibility index (Phi) is 11.0. The van der Waals surface area contributed by atoms with Crippen molar-refractivity contribution in [1.82, 2.24) is 10.2 Å². The first-order valence-corrected chi connectivity index (χ1v) is 13.8. The normalized spacial score (nSPS) is 12.1. The van der Waals surface area contributed by atoms with Crippen LogP contribution in [0.2, 0.25) is 5.02 Å². The third kappa shape index (κ3) is 8.50. The smallest absolute Gasteiger partial charge is 0.242 e. The van der Waals surface area contributed by atoms with Crippen LogP contribution in [0.25, 0.3) is 0 Å². The molecule has 0 saturated carbocycles. The van der Waals surface area contributed by atoms with Crippen molar-refractivity contribution in [3.63, 3.8) is 0 Å². The van der Waals surface area contributed by atoms with E-state index in [1.54, 1.807) is 37.3 Å². The van der Waals surface area contributed by atoms with Gasteiger partial charge in [0.15, 0.2) is 0 Å². The predicted molar refractivity (Wildman–Crippen MR) is 137 cm³/mol. The van der Waals surface area contributed by atoms with Gasteiger partial charge in [0, 0.05) is 31.1 Å². The summed E-state index contributed by atoms with van der Waals surface area (Å²) in [5.74, 6) is -1.27. The van der Waals surface area contributed by atoms with Crippen molar-refractivity contribution >= 4 is 39.1 Å². The van der Waals surface area contributed by atoms with Crippen LogP contribution < -0.4 is 9.62 Å². The van der Waals surface area contributed by atoms with Crippen molar-refractivity contribution in [2.24, 2.45) is 0 Å². The molecule has 2 aromatic carbocycles. The Labute approximate surface area is 212 Å². The van der Waals surface area contributed by atoms with Crippen molar-refractivity contribution in [3.8, 4) is 0 Å². The summed E-state index contributed by atoms with van der Waals surface area (Å²) < 4.78 is 39.8. The second-order valence-corrected chi connectivity index (χ2v) is 10.6. The molecule has 0 fully saturated rings. The highest BCUT2D eigenvalue weighted by atomic mass is 35.5. The second kappa shape index (κ2) is 13.4. The molecular weight excluding hydrogens is 493 g/mol. The fraction of sp³-hybridized carbons (Fsp3) is 0.440. The highest BCUT2D eigenvalue weighted by molar-refractivity contribution is 7.92. The Morgan fingerprint density at radius 2 is 1.74 bits per heavy atom. The molecule has 2 aromatic rings. The van der Waals surface area contributed by atoms with E-state index in [9.17, 15) is 22.4 Å². The van der Waals surface area contributed by atoms with E-state index in [1.807, 2.05) is 6.92 Å². The number of sulfonamides is 1. The molecule has 0 radical (unpaired) electrons. The number of amides is 2. The third-order valence-electron chi connectivity index (χ3n) is 5.57. The lowest BCUT2D eigenvalue weighted by Gasteiger charge is -2.29. The van der Waals surface area contributed by atoms with Gasteiger partial charge in [0.1, 0.15) is 11.9 Å². The van der Waals surface area contributed by atoms with E-state index in [2.05, 4.69) is 5.32 Å². The van der Waals surface area contributed by atoms with E-state index in [0.717, 1.165) is 23.4 Å². The van der Waals surface area contributed by atoms with Gasteiger partial charge >= 0.3 is 0 Å². The molecular formula is C25H33ClFN3O4S. The average molecular weight is 526 g/mol. The third-order valence-corrected chi connectivity index (χ3v) is 7.12. The van der Waals surface area contributed by atoms with Crippen LogP contribution in [0.3, 0.4) is 0 Å². The minimum atomic E-state index is -3.77. The van der Waals surface area contributed by atoms with Gasteiger partial charge in [-0.1, -0.05) is 55.3 Å². The molecule has 0 unspecified atom stereocenters. The van der Waals surface area contributed by atoms with Gasteiger partial charge in [-0.25, -0.2) is 12.8 Å². The van der Waals surface area contributed by atoms with Crippen LogP contribution in [0.5, 0.6) is 0 Å². The molecule has 192 valence electrons. The van der Waals surface area contributed by atoms with E-state index < -0.39 is 21.9 Å². The number of hydrogen-bond acceptors (Lipinski definition) is 4. The first-order valence-electron chi connectivity index (χ1n) is 11.6. The number of unbranched alkanes of at least 4 members (excludes halogenated alkanes) is 1. The Morgan fingerprint density at radius 1 is 1.09 bits per heavy atom. The summed E-state index contributed by atoms with van der Waals surface area (Å²) in [7, 11) is -3.77. The van der Waals surface area contributed by atoms with Crippen LogP contribution in [0, 0.1) is 5.82 Å². The zero-order valence-electron chi connectivity index (χ0n) is 20.3. The number of para-hydroxylation sites is 1. The maximum absolute atomic E-state index is 14.2. The van der Waals surface area contributed by atoms with E-state index in [1.165, 1.54) is 23.1 Å². The summed E-state index contributed by atoms with van der Waals surface area (Å²) >= 11 is 6.29. The number of carbonyl (C=O) groups is 2. The molecule has 35 heavy (non-hydrogen) atoms. The molecule has 0 aromatic heterocycles. The van der Waals surface area contributed by atoms with Crippen LogP contribution in [-0.2, 0) is 26.2 Å². The standard InChI is InChI=1S/C25H33ClFN3O4S/c1-4-5-16-28-25(32)19(2)29(18-20-11-6-7-12-21(20)26)24(31)15-10-17-30(35(3,33)34)23-14-9-8-13-22(23)27/h6-9,11-14,19H,4-5,10,15-18H2,1-3H3,(H,28,32)/t19-/m0/s1. The SMILES string of the molecule is CCCCNC(=O)[C@H](C)N(Cc1ccccc1Cl)C(=O)CCCN(c1ccccc1F)S(C)(=O)=O. The van der Waals surface area contributed by atoms with Crippen LogP contribution in [0.15, 0.2) is 48.5 Å². The molecule has 0 aliphatic rings. The summed E-state index contributed by atoms with van der Waals surface area (Å²) in [4.78, 5) is 27.4. The molecule has 0 bridgehead atoms. The number of anilines is 1. The fourth-order valence-corrected chi connectivity index (χ4v) is 4.73. The van der Waals surface area contributed by atoms with E-state index in [-0.39, 0.29) is 43.4 Å². The van der Waals surface area contributed by atoms with Crippen molar-refractivity contribution in [2.75, 3.05) is 23.7 Å². The largest absolute Gasteiger partial charge is 0.354 e. The Bertz CT molecular complexity index is 1110. The van der Waals surface area contributed by atoms with Gasteiger partial charge in [-0.2, -0.15) is 0 Å². The number of carbonyl (C=O) groups excluding carboxylic acids is 2. The zero-order valence-corrected chi connectivity index (χ0v) is 21.9.